The number of carboxylic acid groups (broad SMARTS) is 3. The highest BCUT2D eigenvalue weighted by molar-refractivity contribution is 6.03. The molecule has 0 spiro atoms. The topological polar surface area (TPSA) is 112 Å². The lowest BCUT2D eigenvalue weighted by Crippen LogP contribution is -2.23. The van der Waals surface area contributed by atoms with E-state index in [0.29, 0.717) is 11.1 Å². The first-order valence-corrected chi connectivity index (χ1v) is 9.82. The smallest absolute Gasteiger partial charge is 0.336 e. The van der Waals surface area contributed by atoms with Crippen LogP contribution in [0.3, 0.4) is 0 Å². The van der Waals surface area contributed by atoms with Crippen LogP contribution in [0.25, 0.3) is 0 Å². The lowest BCUT2D eigenvalue weighted by molar-refractivity contribution is 0.0691. The largest absolute Gasteiger partial charge is 0.478 e. The average Bonchev–Trinajstić information content (AvgIpc) is 2.67. The molecule has 0 heterocycles. The summed E-state index contributed by atoms with van der Waals surface area (Å²) in [4.78, 5) is 36.1. The lowest BCUT2D eigenvalue weighted by Gasteiger charge is -2.30. The van der Waals surface area contributed by atoms with E-state index in [-0.39, 0.29) is 28.5 Å². The summed E-state index contributed by atoms with van der Waals surface area (Å²) < 4.78 is 0. The molecule has 3 rings (SSSR count). The lowest BCUT2D eigenvalue weighted by atomic mass is 9.73. The summed E-state index contributed by atoms with van der Waals surface area (Å²) in [6.45, 7) is 0. The number of aromatic carboxylic acids is 3. The third kappa shape index (κ3) is 3.84. The van der Waals surface area contributed by atoms with Gasteiger partial charge in [-0.25, -0.2) is 14.4 Å². The quantitative estimate of drug-likeness (QED) is 0.677. The molecule has 6 nitrogen and oxygen atoms in total. The third-order valence-electron chi connectivity index (χ3n) is 6.11. The van der Waals surface area contributed by atoms with Gasteiger partial charge in [0.05, 0.1) is 16.7 Å². The molecular weight excluding hydrogens is 348 g/mol. The normalized spacial score (nSPS) is 19.0. The molecule has 0 aliphatic heterocycles. The molecule has 6 heteroatoms. The highest BCUT2D eigenvalue weighted by Gasteiger charge is 2.35. The summed E-state index contributed by atoms with van der Waals surface area (Å²) in [6.07, 6.45) is 8.84. The molecule has 0 atom stereocenters. The number of rotatable bonds is 5. The number of hydrogen-bond acceptors (Lipinski definition) is 3. The molecule has 0 saturated heterocycles. The zero-order valence-electron chi connectivity index (χ0n) is 15.4. The van der Waals surface area contributed by atoms with Crippen molar-refractivity contribution in [3.63, 3.8) is 0 Å². The van der Waals surface area contributed by atoms with Crippen LogP contribution in [0.4, 0.5) is 0 Å². The van der Waals surface area contributed by atoms with E-state index in [9.17, 15) is 29.7 Å². The maximum absolute atomic E-state index is 12.3. The molecule has 0 unspecified atom stereocenters. The predicted octanol–water partition coefficient (Wildman–Crippen LogP) is 4.88. The van der Waals surface area contributed by atoms with Gasteiger partial charge < -0.3 is 15.3 Å². The maximum Gasteiger partial charge on any atom is 0.336 e. The molecule has 0 aromatic heterocycles. The van der Waals surface area contributed by atoms with Crippen molar-refractivity contribution in [2.45, 2.75) is 76.0 Å². The van der Waals surface area contributed by atoms with Crippen molar-refractivity contribution < 1.29 is 29.7 Å². The summed E-state index contributed by atoms with van der Waals surface area (Å²) in [5.41, 5.74) is 0.333. The van der Waals surface area contributed by atoms with E-state index in [1.807, 2.05) is 0 Å². The number of hydrogen-bond donors (Lipinski definition) is 3. The highest BCUT2D eigenvalue weighted by Crippen LogP contribution is 2.43. The second kappa shape index (κ2) is 8.11. The molecule has 2 fully saturated rings. The van der Waals surface area contributed by atoms with Crippen molar-refractivity contribution in [1.82, 2.24) is 0 Å². The van der Waals surface area contributed by atoms with E-state index in [0.717, 1.165) is 64.2 Å². The highest BCUT2D eigenvalue weighted by atomic mass is 16.4. The minimum Gasteiger partial charge on any atom is -0.478 e. The second-order valence-corrected chi connectivity index (χ2v) is 7.76. The van der Waals surface area contributed by atoms with Crippen LogP contribution in [0, 0.1) is 0 Å². The van der Waals surface area contributed by atoms with Crippen LogP contribution in [0.2, 0.25) is 0 Å². The first-order valence-electron chi connectivity index (χ1n) is 9.82. The Morgan fingerprint density at radius 3 is 1.30 bits per heavy atom. The van der Waals surface area contributed by atoms with Gasteiger partial charge in [0.1, 0.15) is 0 Å². The van der Waals surface area contributed by atoms with Gasteiger partial charge in [-0.3, -0.25) is 0 Å². The Kier molecular flexibility index (Phi) is 5.82. The zero-order chi connectivity index (χ0) is 19.6. The molecule has 0 bridgehead atoms. The van der Waals surface area contributed by atoms with E-state index < -0.39 is 17.9 Å². The van der Waals surface area contributed by atoms with Gasteiger partial charge in [-0.1, -0.05) is 38.5 Å². The number of benzene rings is 1. The second-order valence-electron chi connectivity index (χ2n) is 7.76. The van der Waals surface area contributed by atoms with E-state index in [1.54, 1.807) is 0 Å². The molecule has 0 radical (unpaired) electrons. The molecule has 3 N–H and O–H groups in total. The minimum atomic E-state index is -1.25. The Hall–Kier alpha value is -2.37. The van der Waals surface area contributed by atoms with Crippen LogP contribution in [0.5, 0.6) is 0 Å². The first-order chi connectivity index (χ1) is 12.9. The van der Waals surface area contributed by atoms with Gasteiger partial charge in [-0.15, -0.1) is 0 Å². The SMILES string of the molecule is O=C(O)c1cc(C(=O)O)c(C2CCCCC2)c(C(=O)O)c1C1CCCCC1. The summed E-state index contributed by atoms with van der Waals surface area (Å²) in [5, 5.41) is 29.5. The summed E-state index contributed by atoms with van der Waals surface area (Å²) >= 11 is 0. The standard InChI is InChI=1S/C21H26O6/c22-19(23)14-11-15(20(24)25)17(13-9-5-2-6-10-13)18(21(26)27)16(14)12-7-3-1-4-8-12/h11-13H,1-10H2,(H,22,23)(H,24,25)(H,26,27). The Balaban J connectivity index is 2.30. The molecular formula is C21H26O6. The molecule has 0 amide bonds. The Labute approximate surface area is 158 Å². The summed E-state index contributed by atoms with van der Waals surface area (Å²) in [6, 6.07) is 1.21. The fourth-order valence-corrected chi connectivity index (χ4v) is 4.93. The van der Waals surface area contributed by atoms with Crippen LogP contribution in [0.1, 0.15) is 118 Å². The molecule has 1 aromatic carbocycles. The fraction of sp³-hybridized carbons (Fsp3) is 0.571. The first kappa shape index (κ1) is 19.4. The van der Waals surface area contributed by atoms with E-state index in [4.69, 9.17) is 0 Å². The maximum atomic E-state index is 12.3. The van der Waals surface area contributed by atoms with Gasteiger partial charge in [0.15, 0.2) is 0 Å². The number of carboxylic acids is 3. The Bertz CT molecular complexity index is 700. The van der Waals surface area contributed by atoms with Crippen molar-refractivity contribution in [1.29, 1.82) is 0 Å². The Morgan fingerprint density at radius 1 is 0.630 bits per heavy atom. The summed E-state index contributed by atoms with van der Waals surface area (Å²) in [5.74, 6) is -3.99. The molecule has 27 heavy (non-hydrogen) atoms. The van der Waals surface area contributed by atoms with Gasteiger partial charge >= 0.3 is 17.9 Å². The fourth-order valence-electron chi connectivity index (χ4n) is 4.93. The molecule has 146 valence electrons. The van der Waals surface area contributed by atoms with E-state index in [1.165, 1.54) is 6.07 Å². The third-order valence-corrected chi connectivity index (χ3v) is 6.11. The Morgan fingerprint density at radius 2 is 1.00 bits per heavy atom. The van der Waals surface area contributed by atoms with Crippen molar-refractivity contribution >= 4 is 17.9 Å². The van der Waals surface area contributed by atoms with E-state index >= 15 is 0 Å². The van der Waals surface area contributed by atoms with Crippen molar-refractivity contribution in [2.24, 2.45) is 0 Å². The molecule has 2 aliphatic rings. The molecule has 1 aromatic rings. The van der Waals surface area contributed by atoms with Crippen LogP contribution in [-0.2, 0) is 0 Å². The van der Waals surface area contributed by atoms with Gasteiger partial charge in [-0.05, 0) is 54.7 Å². The zero-order valence-corrected chi connectivity index (χ0v) is 15.4. The van der Waals surface area contributed by atoms with Crippen LogP contribution >= 0.6 is 0 Å². The van der Waals surface area contributed by atoms with E-state index in [2.05, 4.69) is 0 Å². The monoisotopic (exact) mass is 374 g/mol. The average molecular weight is 374 g/mol. The molecule has 2 aliphatic carbocycles. The van der Waals surface area contributed by atoms with Crippen molar-refractivity contribution in [2.75, 3.05) is 0 Å². The van der Waals surface area contributed by atoms with Gasteiger partial charge in [0, 0.05) is 0 Å². The van der Waals surface area contributed by atoms with Crippen molar-refractivity contribution in [3.05, 3.63) is 33.9 Å². The van der Waals surface area contributed by atoms with Crippen LogP contribution in [0.15, 0.2) is 6.07 Å². The molecule has 2 saturated carbocycles. The summed E-state index contributed by atoms with van der Waals surface area (Å²) in [7, 11) is 0. The minimum absolute atomic E-state index is 0.0499. The van der Waals surface area contributed by atoms with Gasteiger partial charge in [0.2, 0.25) is 0 Å². The van der Waals surface area contributed by atoms with Crippen LogP contribution < -0.4 is 0 Å². The predicted molar refractivity (Wildman–Crippen MR) is 99.0 cm³/mol. The number of carbonyl (C=O) groups is 3. The van der Waals surface area contributed by atoms with Gasteiger partial charge in [0.25, 0.3) is 0 Å². The van der Waals surface area contributed by atoms with Gasteiger partial charge in [-0.2, -0.15) is 0 Å². The van der Waals surface area contributed by atoms with Crippen molar-refractivity contribution in [3.8, 4) is 0 Å². The van der Waals surface area contributed by atoms with Crippen LogP contribution in [-0.4, -0.2) is 33.2 Å².